The summed E-state index contributed by atoms with van der Waals surface area (Å²) < 4.78 is 37.4. The third-order valence-electron chi connectivity index (χ3n) is 3.04. The van der Waals surface area contributed by atoms with Crippen LogP contribution in [0.4, 0.5) is 0 Å². The smallest absolute Gasteiger partial charge is 0.401 e. The predicted molar refractivity (Wildman–Crippen MR) is 77.9 cm³/mol. The number of hydrogen-bond acceptors (Lipinski definition) is 7. The van der Waals surface area contributed by atoms with Crippen molar-refractivity contribution in [3.05, 3.63) is 35.9 Å². The van der Waals surface area contributed by atoms with E-state index in [9.17, 15) is 13.2 Å². The predicted octanol–water partition coefficient (Wildman–Crippen LogP) is 1.51. The highest BCUT2D eigenvalue weighted by Crippen LogP contribution is 2.29. The molecule has 1 fully saturated rings. The molecule has 1 heterocycles. The van der Waals surface area contributed by atoms with Gasteiger partial charge in [-0.15, -0.1) is 0 Å². The summed E-state index contributed by atoms with van der Waals surface area (Å²) in [5, 5.41) is -0.225. The Bertz CT molecular complexity index is 586. The maximum Gasteiger partial charge on any atom is 0.401 e. The van der Waals surface area contributed by atoms with Gasteiger partial charge in [-0.3, -0.25) is 0 Å². The Kier molecular flexibility index (Phi) is 5.26. The van der Waals surface area contributed by atoms with Crippen LogP contribution in [0.1, 0.15) is 12.5 Å². The van der Waals surface area contributed by atoms with E-state index in [1.54, 1.807) is 25.3 Å². The number of hydrogen-bond donors (Lipinski definition) is 0. The first kappa shape index (κ1) is 16.3. The van der Waals surface area contributed by atoms with Gasteiger partial charge in [0.1, 0.15) is 12.7 Å². The molecule has 1 unspecified atom stereocenters. The molecule has 0 bridgehead atoms. The average Bonchev–Trinajstić information content (AvgIpc) is 2.81. The number of carbonyl (C=O) groups is 1. The number of carbonyl (C=O) groups excluding carboxylic acids is 1. The van der Waals surface area contributed by atoms with E-state index in [0.717, 1.165) is 5.56 Å². The minimum atomic E-state index is -4.14. The molecule has 0 amide bonds. The van der Waals surface area contributed by atoms with E-state index in [1.165, 1.54) is 11.8 Å². The summed E-state index contributed by atoms with van der Waals surface area (Å²) in [6.07, 6.45) is -0.347. The summed E-state index contributed by atoms with van der Waals surface area (Å²) in [4.78, 5) is 12.0. The molecule has 3 atom stereocenters. The van der Waals surface area contributed by atoms with Gasteiger partial charge in [-0.25, -0.2) is 13.2 Å². The molecule has 0 N–H and O–H groups in total. The minimum absolute atomic E-state index is 0.0555. The normalized spacial score (nSPS) is 25.4. The molecule has 116 valence electrons. The monoisotopic (exact) mass is 332 g/mol. The van der Waals surface area contributed by atoms with Crippen LogP contribution >= 0.6 is 11.8 Å². The van der Waals surface area contributed by atoms with E-state index < -0.39 is 28.6 Å². The van der Waals surface area contributed by atoms with Gasteiger partial charge >= 0.3 is 16.4 Å². The minimum Gasteiger partial charge on any atom is -0.459 e. The van der Waals surface area contributed by atoms with Crippen LogP contribution in [0.2, 0.25) is 0 Å². The van der Waals surface area contributed by atoms with Crippen LogP contribution in [0, 0.1) is 0 Å². The fraction of sp³-hybridized carbons (Fsp3) is 0.462. The van der Waals surface area contributed by atoms with Gasteiger partial charge in [-0.2, -0.15) is 20.2 Å². The first-order valence-corrected chi connectivity index (χ1v) is 8.90. The highest BCUT2D eigenvalue weighted by atomic mass is 32.3. The van der Waals surface area contributed by atoms with Gasteiger partial charge in [0.25, 0.3) is 0 Å². The van der Waals surface area contributed by atoms with E-state index in [4.69, 9.17) is 13.1 Å². The SMILES string of the molecule is CSC(C)[C@@H]1OS(=O)(=O)O[C@H]1C(=O)OCc1ccccc1. The fourth-order valence-electron chi connectivity index (χ4n) is 1.83. The zero-order valence-electron chi connectivity index (χ0n) is 11.6. The standard InChI is InChI=1S/C13H16O6S2/c1-9(20-2)11-12(19-21(15,16)18-11)13(14)17-8-10-6-4-3-5-7-10/h3-7,9,11-12H,8H2,1-2H3/t9?,11-,12+/m0/s1. The molecular formula is C13H16O6S2. The number of ether oxygens (including phenoxy) is 1. The van der Waals surface area contributed by atoms with E-state index in [0.29, 0.717) is 0 Å². The zero-order chi connectivity index (χ0) is 15.5. The Labute approximate surface area is 128 Å². The maximum absolute atomic E-state index is 12.0. The number of esters is 1. The lowest BCUT2D eigenvalue weighted by Gasteiger charge is -2.18. The summed E-state index contributed by atoms with van der Waals surface area (Å²) in [5.41, 5.74) is 0.807. The summed E-state index contributed by atoms with van der Waals surface area (Å²) >= 11 is 1.38. The molecule has 0 aromatic heterocycles. The first-order valence-electron chi connectivity index (χ1n) is 6.28. The number of thioether (sulfide) groups is 1. The lowest BCUT2D eigenvalue weighted by Crippen LogP contribution is -2.38. The molecule has 21 heavy (non-hydrogen) atoms. The molecule has 1 aromatic rings. The van der Waals surface area contributed by atoms with E-state index >= 15 is 0 Å². The van der Waals surface area contributed by atoms with E-state index in [2.05, 4.69) is 0 Å². The Hall–Kier alpha value is -1.09. The van der Waals surface area contributed by atoms with Crippen molar-refractivity contribution in [2.75, 3.05) is 6.26 Å². The molecule has 0 saturated carbocycles. The fourth-order valence-corrected chi connectivity index (χ4v) is 3.40. The van der Waals surface area contributed by atoms with Crippen LogP contribution in [-0.4, -0.2) is 38.1 Å². The average molecular weight is 332 g/mol. The molecule has 0 aliphatic carbocycles. The molecule has 1 aliphatic rings. The number of rotatable bonds is 5. The quantitative estimate of drug-likeness (QED) is 0.756. The Morgan fingerprint density at radius 1 is 1.33 bits per heavy atom. The Balaban J connectivity index is 2.03. The third kappa shape index (κ3) is 4.19. The highest BCUT2D eigenvalue weighted by molar-refractivity contribution is 7.99. The lowest BCUT2D eigenvalue weighted by atomic mass is 10.1. The molecule has 6 nitrogen and oxygen atoms in total. The van der Waals surface area contributed by atoms with Crippen molar-refractivity contribution in [1.29, 1.82) is 0 Å². The summed E-state index contributed by atoms with van der Waals surface area (Å²) in [5.74, 6) is -0.745. The second-order valence-corrected chi connectivity index (χ2v) is 6.94. The van der Waals surface area contributed by atoms with Crippen molar-refractivity contribution in [3.63, 3.8) is 0 Å². The maximum atomic E-state index is 12.0. The molecule has 1 aromatic carbocycles. The van der Waals surface area contributed by atoms with Crippen molar-refractivity contribution in [2.45, 2.75) is 31.0 Å². The number of benzene rings is 1. The summed E-state index contributed by atoms with van der Waals surface area (Å²) in [7, 11) is -4.14. The third-order valence-corrected chi connectivity index (χ3v) is 4.95. The van der Waals surface area contributed by atoms with Crippen LogP contribution in [0.25, 0.3) is 0 Å². The van der Waals surface area contributed by atoms with Gasteiger partial charge in [-0.05, 0) is 11.8 Å². The zero-order valence-corrected chi connectivity index (χ0v) is 13.2. The van der Waals surface area contributed by atoms with Gasteiger partial charge in [0.2, 0.25) is 6.10 Å². The summed E-state index contributed by atoms with van der Waals surface area (Å²) in [6, 6.07) is 9.10. The molecule has 2 rings (SSSR count). The van der Waals surface area contributed by atoms with E-state index in [1.807, 2.05) is 18.2 Å². The largest absolute Gasteiger partial charge is 0.459 e. The van der Waals surface area contributed by atoms with Crippen molar-refractivity contribution in [3.8, 4) is 0 Å². The van der Waals surface area contributed by atoms with Crippen molar-refractivity contribution in [1.82, 2.24) is 0 Å². The highest BCUT2D eigenvalue weighted by Gasteiger charge is 2.48. The van der Waals surface area contributed by atoms with E-state index in [-0.39, 0.29) is 11.9 Å². The van der Waals surface area contributed by atoms with Crippen molar-refractivity contribution in [2.24, 2.45) is 0 Å². The molecule has 1 saturated heterocycles. The topological polar surface area (TPSA) is 78.9 Å². The van der Waals surface area contributed by atoms with Gasteiger partial charge in [0, 0.05) is 5.25 Å². The second-order valence-electron chi connectivity index (χ2n) is 4.52. The van der Waals surface area contributed by atoms with Crippen molar-refractivity contribution < 1.29 is 26.3 Å². The summed E-state index contributed by atoms with van der Waals surface area (Å²) in [6.45, 7) is 1.82. The van der Waals surface area contributed by atoms with Crippen LogP contribution in [-0.2, 0) is 34.9 Å². The van der Waals surface area contributed by atoms with Gasteiger partial charge < -0.3 is 4.74 Å². The van der Waals surface area contributed by atoms with Gasteiger partial charge in [0.15, 0.2) is 0 Å². The van der Waals surface area contributed by atoms with Gasteiger partial charge in [-0.1, -0.05) is 37.3 Å². The lowest BCUT2D eigenvalue weighted by molar-refractivity contribution is -0.154. The molecule has 1 aliphatic heterocycles. The van der Waals surface area contributed by atoms with Crippen LogP contribution in [0.15, 0.2) is 30.3 Å². The first-order chi connectivity index (χ1) is 9.93. The second kappa shape index (κ2) is 6.78. The van der Waals surface area contributed by atoms with Crippen LogP contribution in [0.3, 0.4) is 0 Å². The Morgan fingerprint density at radius 3 is 2.62 bits per heavy atom. The van der Waals surface area contributed by atoms with Crippen molar-refractivity contribution >= 4 is 28.1 Å². The Morgan fingerprint density at radius 2 is 2.00 bits per heavy atom. The van der Waals surface area contributed by atoms with Gasteiger partial charge in [0.05, 0.1) is 0 Å². The molecule has 8 heteroatoms. The molecule has 0 spiro atoms. The van der Waals surface area contributed by atoms with Crippen LogP contribution in [0.5, 0.6) is 0 Å². The molecular weight excluding hydrogens is 316 g/mol. The van der Waals surface area contributed by atoms with Crippen LogP contribution < -0.4 is 0 Å². The molecule has 0 radical (unpaired) electrons.